The lowest BCUT2D eigenvalue weighted by molar-refractivity contribution is -0.114. The van der Waals surface area contributed by atoms with Gasteiger partial charge in [-0.3, -0.25) is 9.36 Å². The summed E-state index contributed by atoms with van der Waals surface area (Å²) in [4.78, 5) is 28.6. The Kier molecular flexibility index (Phi) is 6.66. The van der Waals surface area contributed by atoms with Crippen LogP contribution in [0.2, 0.25) is 0 Å². The number of imidazole rings is 1. The number of β-amino-alcohol motifs (C(OH)–C–C–N with tert-alkyl or cyclic N) is 1. The molecule has 0 spiro atoms. The lowest BCUT2D eigenvalue weighted by atomic mass is 10.0. The van der Waals surface area contributed by atoms with Gasteiger partial charge in [0.25, 0.3) is 0 Å². The molecule has 0 bridgehead atoms. The molecule has 1 aliphatic rings. The van der Waals surface area contributed by atoms with Crippen molar-refractivity contribution in [2.45, 2.75) is 31.9 Å². The number of phenolic OH excluding ortho intramolecular Hbond substituents is 1. The number of carbonyl (C=O) groups excluding carboxylic acids is 1. The molecule has 1 saturated heterocycles. The van der Waals surface area contributed by atoms with Gasteiger partial charge in [-0.25, -0.2) is 9.18 Å². The van der Waals surface area contributed by atoms with Crippen molar-refractivity contribution in [1.82, 2.24) is 14.5 Å². The van der Waals surface area contributed by atoms with E-state index in [2.05, 4.69) is 15.2 Å². The molecule has 1 fully saturated rings. The Labute approximate surface area is 189 Å². The van der Waals surface area contributed by atoms with Gasteiger partial charge in [0.2, 0.25) is 5.91 Å². The summed E-state index contributed by atoms with van der Waals surface area (Å²) in [6.07, 6.45) is 0.654. The zero-order valence-corrected chi connectivity index (χ0v) is 18.3. The number of ether oxygens (including phenoxy) is 1. The predicted molar refractivity (Wildman–Crippen MR) is 121 cm³/mol. The van der Waals surface area contributed by atoms with E-state index in [4.69, 9.17) is 4.74 Å². The third-order valence-corrected chi connectivity index (χ3v) is 5.78. The first-order chi connectivity index (χ1) is 15.8. The van der Waals surface area contributed by atoms with Crippen LogP contribution in [0.3, 0.4) is 0 Å². The maximum atomic E-state index is 13.5. The van der Waals surface area contributed by atoms with Crippen molar-refractivity contribution in [3.8, 4) is 11.5 Å². The second-order valence-corrected chi connectivity index (χ2v) is 8.32. The van der Waals surface area contributed by atoms with Gasteiger partial charge < -0.3 is 30.2 Å². The van der Waals surface area contributed by atoms with Crippen molar-refractivity contribution in [1.29, 1.82) is 0 Å². The fourth-order valence-electron chi connectivity index (χ4n) is 4.29. The summed E-state index contributed by atoms with van der Waals surface area (Å²) in [5.41, 5.74) is 1.34. The minimum Gasteiger partial charge on any atom is -0.508 e. The summed E-state index contributed by atoms with van der Waals surface area (Å²) in [6, 6.07) is 8.64. The number of aliphatic hydroxyl groups is 1. The number of fused-ring (bicyclic) bond motifs is 1. The molecule has 176 valence electrons. The fourth-order valence-corrected chi connectivity index (χ4v) is 4.29. The summed E-state index contributed by atoms with van der Waals surface area (Å²) in [5.74, 6) is -0.394. The molecule has 1 aromatic heterocycles. The number of anilines is 1. The average Bonchev–Trinajstić information content (AvgIpc) is 3.09. The molecule has 4 N–H and O–H groups in total. The highest BCUT2D eigenvalue weighted by Crippen LogP contribution is 2.29. The van der Waals surface area contributed by atoms with Crippen LogP contribution >= 0.6 is 0 Å². The maximum Gasteiger partial charge on any atom is 0.326 e. The van der Waals surface area contributed by atoms with Crippen LogP contribution in [0.4, 0.5) is 10.1 Å². The number of nitrogens with zero attached hydrogens (tertiary/aromatic N) is 2. The number of amides is 1. The van der Waals surface area contributed by atoms with E-state index in [0.29, 0.717) is 36.4 Å². The topological polar surface area (TPSA) is 120 Å². The van der Waals surface area contributed by atoms with Gasteiger partial charge in [0.15, 0.2) is 0 Å². The van der Waals surface area contributed by atoms with Gasteiger partial charge in [-0.15, -0.1) is 0 Å². The van der Waals surface area contributed by atoms with E-state index >= 15 is 0 Å². The number of carbonyl (C=O) groups is 1. The van der Waals surface area contributed by atoms with Crippen molar-refractivity contribution in [3.05, 3.63) is 52.7 Å². The summed E-state index contributed by atoms with van der Waals surface area (Å²) in [6.45, 7) is 3.12. The molecule has 2 heterocycles. The molecule has 0 radical (unpaired) electrons. The number of aromatic nitrogens is 2. The molecule has 1 aliphatic heterocycles. The quantitative estimate of drug-likeness (QED) is 0.403. The third-order valence-electron chi connectivity index (χ3n) is 5.78. The monoisotopic (exact) mass is 458 g/mol. The number of aromatic hydroxyl groups is 1. The Bertz CT molecular complexity index is 1200. The van der Waals surface area contributed by atoms with Gasteiger partial charge >= 0.3 is 5.69 Å². The molecule has 1 atom stereocenters. The second kappa shape index (κ2) is 9.63. The summed E-state index contributed by atoms with van der Waals surface area (Å²) < 4.78 is 20.8. The van der Waals surface area contributed by atoms with Gasteiger partial charge in [0, 0.05) is 38.7 Å². The van der Waals surface area contributed by atoms with E-state index in [9.17, 15) is 24.2 Å². The number of phenols is 1. The van der Waals surface area contributed by atoms with E-state index in [1.54, 1.807) is 10.6 Å². The van der Waals surface area contributed by atoms with Gasteiger partial charge in [-0.2, -0.15) is 0 Å². The Morgan fingerprint density at radius 3 is 2.76 bits per heavy atom. The molecule has 2 aromatic carbocycles. The number of hydrogen-bond donors (Lipinski definition) is 4. The number of halogens is 1. The first-order valence-electron chi connectivity index (χ1n) is 10.8. The van der Waals surface area contributed by atoms with Crippen LogP contribution in [0.1, 0.15) is 25.8 Å². The normalized spacial score (nSPS) is 16.1. The van der Waals surface area contributed by atoms with E-state index in [0.717, 1.165) is 12.8 Å². The SMILES string of the molecule is CC(=O)Nc1ccc(O)cc1OC[C@@H](O)CN1CCC(n2c(=O)[nH]c3cc(F)ccc32)CC1. The summed E-state index contributed by atoms with van der Waals surface area (Å²) in [7, 11) is 0. The Hall–Kier alpha value is -3.37. The van der Waals surface area contributed by atoms with Gasteiger partial charge in [0.1, 0.15) is 30.0 Å². The Balaban J connectivity index is 1.32. The van der Waals surface area contributed by atoms with Crippen molar-refractivity contribution in [2.75, 3.05) is 31.6 Å². The third kappa shape index (κ3) is 5.35. The number of aromatic amines is 1. The molecular formula is C23H27FN4O5. The molecule has 10 heteroatoms. The maximum absolute atomic E-state index is 13.5. The number of aliphatic hydroxyl groups excluding tert-OH is 1. The van der Waals surface area contributed by atoms with Gasteiger partial charge in [-0.1, -0.05) is 0 Å². The first-order valence-corrected chi connectivity index (χ1v) is 10.8. The molecule has 0 aliphatic carbocycles. The Morgan fingerprint density at radius 2 is 2.03 bits per heavy atom. The molecule has 1 amide bonds. The minimum atomic E-state index is -0.784. The number of H-pyrrole nitrogens is 1. The second-order valence-electron chi connectivity index (χ2n) is 8.32. The summed E-state index contributed by atoms with van der Waals surface area (Å²) >= 11 is 0. The molecule has 3 aromatic rings. The van der Waals surface area contributed by atoms with Crippen molar-refractivity contribution < 1.29 is 24.1 Å². The number of piperidine rings is 1. The first kappa shape index (κ1) is 22.8. The van der Waals surface area contributed by atoms with Crippen LogP contribution in [0.15, 0.2) is 41.2 Å². The van der Waals surface area contributed by atoms with E-state index in [1.165, 1.54) is 37.3 Å². The van der Waals surface area contributed by atoms with Crippen molar-refractivity contribution in [2.24, 2.45) is 0 Å². The van der Waals surface area contributed by atoms with Crippen LogP contribution in [0.25, 0.3) is 11.0 Å². The predicted octanol–water partition coefficient (Wildman–Crippen LogP) is 2.21. The highest BCUT2D eigenvalue weighted by Gasteiger charge is 2.25. The zero-order chi connectivity index (χ0) is 23.5. The zero-order valence-electron chi connectivity index (χ0n) is 18.3. The molecule has 0 unspecified atom stereocenters. The van der Waals surface area contributed by atoms with E-state index in [-0.39, 0.29) is 35.7 Å². The lowest BCUT2D eigenvalue weighted by Gasteiger charge is -2.33. The molecule has 9 nitrogen and oxygen atoms in total. The van der Waals surface area contributed by atoms with E-state index in [1.807, 2.05) is 0 Å². The molecule has 33 heavy (non-hydrogen) atoms. The van der Waals surface area contributed by atoms with Crippen molar-refractivity contribution in [3.63, 3.8) is 0 Å². The van der Waals surface area contributed by atoms with Crippen molar-refractivity contribution >= 4 is 22.6 Å². The minimum absolute atomic E-state index is 0.00568. The standard InChI is InChI=1S/C23H27FN4O5/c1-14(29)25-19-4-3-17(30)11-22(19)33-13-18(31)12-27-8-6-16(7-9-27)28-21-5-2-15(24)10-20(21)26-23(28)32/h2-5,10-11,16,18,30-31H,6-9,12-13H2,1H3,(H,25,29)(H,26,32)/t18-/m0/s1. The number of nitrogens with one attached hydrogen (secondary N) is 2. The Morgan fingerprint density at radius 1 is 1.27 bits per heavy atom. The largest absolute Gasteiger partial charge is 0.508 e. The summed E-state index contributed by atoms with van der Waals surface area (Å²) in [5, 5.41) is 22.8. The number of rotatable bonds is 7. The molecule has 0 saturated carbocycles. The molecular weight excluding hydrogens is 431 g/mol. The number of hydrogen-bond acceptors (Lipinski definition) is 6. The number of benzene rings is 2. The van der Waals surface area contributed by atoms with E-state index < -0.39 is 11.9 Å². The lowest BCUT2D eigenvalue weighted by Crippen LogP contribution is -2.42. The van der Waals surface area contributed by atoms with Crippen LogP contribution in [-0.4, -0.2) is 62.9 Å². The average molecular weight is 458 g/mol. The van der Waals surface area contributed by atoms with Crippen LogP contribution in [0.5, 0.6) is 11.5 Å². The smallest absolute Gasteiger partial charge is 0.326 e. The van der Waals surface area contributed by atoms with Crippen LogP contribution in [-0.2, 0) is 4.79 Å². The van der Waals surface area contributed by atoms with Gasteiger partial charge in [-0.05, 0) is 43.2 Å². The molecule has 4 rings (SSSR count). The fraction of sp³-hybridized carbons (Fsp3) is 0.391. The highest BCUT2D eigenvalue weighted by molar-refractivity contribution is 5.90. The van der Waals surface area contributed by atoms with Crippen LogP contribution < -0.4 is 15.7 Å². The highest BCUT2D eigenvalue weighted by atomic mass is 19.1. The van der Waals surface area contributed by atoms with Crippen LogP contribution in [0, 0.1) is 5.82 Å². The number of likely N-dealkylation sites (tertiary alicyclic amines) is 1. The van der Waals surface area contributed by atoms with Gasteiger partial charge in [0.05, 0.1) is 16.7 Å².